The standard InChI is InChI=1S/C21H26N4O3/c1-13-8-16(11-22-10-13)28-15-4-6-25(7-5-15)20-14(2)9-17-19(23-20)18(12-26)24(3)21(17)27/h8-11,15,18,26H,4-7,12H2,1-3H3. The third-order valence-corrected chi connectivity index (χ3v) is 5.62. The van der Waals surface area contributed by atoms with Gasteiger partial charge in [-0.1, -0.05) is 0 Å². The maximum atomic E-state index is 12.4. The van der Waals surface area contributed by atoms with Gasteiger partial charge in [-0.3, -0.25) is 9.78 Å². The molecule has 0 aromatic carbocycles. The minimum atomic E-state index is -0.364. The summed E-state index contributed by atoms with van der Waals surface area (Å²) in [7, 11) is 1.71. The van der Waals surface area contributed by atoms with E-state index in [9.17, 15) is 9.90 Å². The summed E-state index contributed by atoms with van der Waals surface area (Å²) >= 11 is 0. The van der Waals surface area contributed by atoms with Crippen LogP contribution in [0.3, 0.4) is 0 Å². The highest BCUT2D eigenvalue weighted by molar-refractivity contribution is 5.99. The van der Waals surface area contributed by atoms with Crippen molar-refractivity contribution in [3.05, 3.63) is 46.9 Å². The zero-order valence-corrected chi connectivity index (χ0v) is 16.6. The van der Waals surface area contributed by atoms with Gasteiger partial charge in [-0.25, -0.2) is 4.98 Å². The summed E-state index contributed by atoms with van der Waals surface area (Å²) in [5, 5.41) is 9.70. The molecule has 0 saturated carbocycles. The van der Waals surface area contributed by atoms with Crippen LogP contribution in [0, 0.1) is 13.8 Å². The predicted octanol–water partition coefficient (Wildman–Crippen LogP) is 2.26. The monoisotopic (exact) mass is 382 g/mol. The Balaban J connectivity index is 1.48. The Morgan fingerprint density at radius 2 is 1.96 bits per heavy atom. The van der Waals surface area contributed by atoms with Crippen molar-refractivity contribution in [3.63, 3.8) is 0 Å². The van der Waals surface area contributed by atoms with E-state index in [2.05, 4.69) is 9.88 Å². The van der Waals surface area contributed by atoms with Gasteiger partial charge in [0.05, 0.1) is 30.1 Å². The number of ether oxygens (including phenoxy) is 1. The molecule has 1 amide bonds. The molecule has 2 aromatic rings. The molecule has 148 valence electrons. The number of pyridine rings is 2. The number of aryl methyl sites for hydroxylation is 2. The Morgan fingerprint density at radius 3 is 2.64 bits per heavy atom. The smallest absolute Gasteiger partial charge is 0.256 e. The first-order valence-corrected chi connectivity index (χ1v) is 9.70. The van der Waals surface area contributed by atoms with Crippen LogP contribution in [0.25, 0.3) is 0 Å². The lowest BCUT2D eigenvalue weighted by molar-refractivity contribution is 0.0715. The van der Waals surface area contributed by atoms with Crippen molar-refractivity contribution in [2.75, 3.05) is 31.6 Å². The lowest BCUT2D eigenvalue weighted by atomic mass is 10.1. The number of aliphatic hydroxyl groups excluding tert-OH is 1. The van der Waals surface area contributed by atoms with Crippen LogP contribution in [0.15, 0.2) is 24.5 Å². The molecule has 1 fully saturated rings. The van der Waals surface area contributed by atoms with Crippen molar-refractivity contribution >= 4 is 11.7 Å². The van der Waals surface area contributed by atoms with Crippen molar-refractivity contribution in [2.45, 2.75) is 38.8 Å². The Hall–Kier alpha value is -2.67. The van der Waals surface area contributed by atoms with Gasteiger partial charge in [-0.05, 0) is 37.1 Å². The largest absolute Gasteiger partial charge is 0.489 e. The molecule has 28 heavy (non-hydrogen) atoms. The molecule has 2 aromatic heterocycles. The van der Waals surface area contributed by atoms with Gasteiger partial charge in [0, 0.05) is 39.2 Å². The molecule has 1 atom stereocenters. The lowest BCUT2D eigenvalue weighted by Crippen LogP contribution is -2.39. The van der Waals surface area contributed by atoms with Gasteiger partial charge in [0.15, 0.2) is 0 Å². The number of aromatic nitrogens is 2. The van der Waals surface area contributed by atoms with Gasteiger partial charge >= 0.3 is 0 Å². The van der Waals surface area contributed by atoms with E-state index in [-0.39, 0.29) is 24.7 Å². The number of aliphatic hydroxyl groups is 1. The molecule has 0 aliphatic carbocycles. The van der Waals surface area contributed by atoms with Gasteiger partial charge in [0.25, 0.3) is 5.91 Å². The zero-order valence-electron chi connectivity index (χ0n) is 16.6. The highest BCUT2D eigenvalue weighted by Gasteiger charge is 2.36. The van der Waals surface area contributed by atoms with Crippen LogP contribution in [-0.2, 0) is 0 Å². The van der Waals surface area contributed by atoms with Crippen molar-refractivity contribution in [1.82, 2.24) is 14.9 Å². The van der Waals surface area contributed by atoms with Crippen LogP contribution < -0.4 is 9.64 Å². The van der Waals surface area contributed by atoms with Crippen LogP contribution in [0.4, 0.5) is 5.82 Å². The van der Waals surface area contributed by atoms with Crippen molar-refractivity contribution in [1.29, 1.82) is 0 Å². The van der Waals surface area contributed by atoms with E-state index >= 15 is 0 Å². The molecule has 1 saturated heterocycles. The summed E-state index contributed by atoms with van der Waals surface area (Å²) in [6.45, 7) is 5.55. The van der Waals surface area contributed by atoms with Gasteiger partial charge in [0.1, 0.15) is 17.7 Å². The second-order valence-corrected chi connectivity index (χ2v) is 7.68. The maximum Gasteiger partial charge on any atom is 0.256 e. The highest BCUT2D eigenvalue weighted by Crippen LogP contribution is 2.34. The molecule has 7 heteroatoms. The first kappa shape index (κ1) is 18.7. The number of carbonyl (C=O) groups excluding carboxylic acids is 1. The topological polar surface area (TPSA) is 78.8 Å². The maximum absolute atomic E-state index is 12.4. The molecule has 2 aliphatic heterocycles. The molecule has 7 nitrogen and oxygen atoms in total. The predicted molar refractivity (Wildman–Crippen MR) is 106 cm³/mol. The van der Waals surface area contributed by atoms with Gasteiger partial charge in [-0.2, -0.15) is 0 Å². The zero-order chi connectivity index (χ0) is 19.8. The second kappa shape index (κ2) is 7.39. The van der Waals surface area contributed by atoms with E-state index in [1.54, 1.807) is 18.1 Å². The number of carbonyl (C=O) groups is 1. The number of amides is 1. The first-order chi connectivity index (χ1) is 13.5. The van der Waals surface area contributed by atoms with Gasteiger partial charge in [-0.15, -0.1) is 0 Å². The van der Waals surface area contributed by atoms with Crippen molar-refractivity contribution in [3.8, 4) is 5.75 Å². The fourth-order valence-electron chi connectivity index (χ4n) is 4.06. The van der Waals surface area contributed by atoms with Crippen molar-refractivity contribution in [2.24, 2.45) is 0 Å². The summed E-state index contributed by atoms with van der Waals surface area (Å²) in [6, 6.07) is 3.55. The average Bonchev–Trinajstić information content (AvgIpc) is 2.91. The molecule has 0 spiro atoms. The fraction of sp³-hybridized carbons (Fsp3) is 0.476. The Labute approximate surface area is 165 Å². The number of nitrogens with zero attached hydrogens (tertiary/aromatic N) is 4. The van der Waals surface area contributed by atoms with E-state index in [1.807, 2.05) is 32.2 Å². The highest BCUT2D eigenvalue weighted by atomic mass is 16.5. The van der Waals surface area contributed by atoms with E-state index < -0.39 is 0 Å². The van der Waals surface area contributed by atoms with Gasteiger partial charge < -0.3 is 19.6 Å². The average molecular weight is 382 g/mol. The van der Waals surface area contributed by atoms with E-state index in [0.717, 1.165) is 48.6 Å². The quantitative estimate of drug-likeness (QED) is 0.874. The molecule has 1 unspecified atom stereocenters. The fourth-order valence-corrected chi connectivity index (χ4v) is 4.06. The van der Waals surface area contributed by atoms with Crippen LogP contribution in [0.2, 0.25) is 0 Å². The Kier molecular flexibility index (Phi) is 4.93. The number of fused-ring (bicyclic) bond motifs is 1. The van der Waals surface area contributed by atoms with E-state index in [4.69, 9.17) is 9.72 Å². The number of hydrogen-bond acceptors (Lipinski definition) is 6. The van der Waals surface area contributed by atoms with Crippen LogP contribution in [-0.4, -0.2) is 58.7 Å². The SMILES string of the molecule is Cc1cncc(OC2CCN(c3nc4c(cc3C)C(=O)N(C)C4CO)CC2)c1. The molecule has 4 heterocycles. The Bertz CT molecular complexity index is 893. The van der Waals surface area contributed by atoms with Crippen LogP contribution in [0.5, 0.6) is 5.75 Å². The third-order valence-electron chi connectivity index (χ3n) is 5.62. The number of piperidine rings is 1. The summed E-state index contributed by atoms with van der Waals surface area (Å²) < 4.78 is 6.09. The van der Waals surface area contributed by atoms with Crippen molar-refractivity contribution < 1.29 is 14.6 Å². The Morgan fingerprint density at radius 1 is 1.21 bits per heavy atom. The molecular weight excluding hydrogens is 356 g/mol. The molecule has 2 aliphatic rings. The summed E-state index contributed by atoms with van der Waals surface area (Å²) in [6.07, 6.45) is 5.53. The molecular formula is C21H26N4O3. The number of anilines is 1. The summed E-state index contributed by atoms with van der Waals surface area (Å²) in [5.74, 6) is 1.64. The molecule has 0 radical (unpaired) electrons. The van der Waals surface area contributed by atoms with Gasteiger partial charge in [0.2, 0.25) is 0 Å². The molecule has 0 bridgehead atoms. The normalized spacial score (nSPS) is 19.9. The third kappa shape index (κ3) is 3.30. The van der Waals surface area contributed by atoms with Crippen LogP contribution >= 0.6 is 0 Å². The van der Waals surface area contributed by atoms with E-state index in [1.165, 1.54) is 0 Å². The molecule has 1 N–H and O–H groups in total. The summed E-state index contributed by atoms with van der Waals surface area (Å²) in [5.41, 5.74) is 3.36. The minimum absolute atomic E-state index is 0.0740. The lowest BCUT2D eigenvalue weighted by Gasteiger charge is -2.34. The van der Waals surface area contributed by atoms with Crippen LogP contribution in [0.1, 0.15) is 46.1 Å². The minimum Gasteiger partial charge on any atom is -0.489 e. The second-order valence-electron chi connectivity index (χ2n) is 7.68. The number of rotatable bonds is 4. The molecule has 4 rings (SSSR count). The number of hydrogen-bond donors (Lipinski definition) is 1. The first-order valence-electron chi connectivity index (χ1n) is 9.70. The summed E-state index contributed by atoms with van der Waals surface area (Å²) in [4.78, 5) is 25.2. The number of likely N-dealkylation sites (N-methyl/N-ethyl adjacent to an activating group) is 1. The van der Waals surface area contributed by atoms with E-state index in [0.29, 0.717) is 11.3 Å².